The molecule has 0 aliphatic heterocycles. The number of imidazole rings is 1. The van der Waals surface area contributed by atoms with E-state index in [1.54, 1.807) is 11.6 Å². The van der Waals surface area contributed by atoms with Crippen LogP contribution in [0.15, 0.2) is 28.7 Å². The van der Waals surface area contributed by atoms with Crippen LogP contribution in [0.25, 0.3) is 0 Å². The molecule has 0 radical (unpaired) electrons. The normalized spacial score (nSPS) is 10.7. The van der Waals surface area contributed by atoms with Gasteiger partial charge in [-0.2, -0.15) is 0 Å². The summed E-state index contributed by atoms with van der Waals surface area (Å²) >= 11 is 3.39. The second kappa shape index (κ2) is 5.57. The number of nitrogens with zero attached hydrogens (tertiary/aromatic N) is 2. The number of carboxylic acid groups (broad SMARTS) is 1. The Kier molecular flexibility index (Phi) is 4.04. The molecule has 1 heterocycles. The van der Waals surface area contributed by atoms with Crippen LogP contribution in [0.5, 0.6) is 0 Å². The Morgan fingerprint density at radius 2 is 1.95 bits per heavy atom. The van der Waals surface area contributed by atoms with Crippen LogP contribution in [0.4, 0.5) is 0 Å². The molecule has 19 heavy (non-hydrogen) atoms. The number of aromatic carboxylic acids is 1. The molecule has 0 saturated heterocycles. The van der Waals surface area contributed by atoms with Crippen LogP contribution in [0.2, 0.25) is 0 Å². The van der Waals surface area contributed by atoms with Crippen LogP contribution in [0.1, 0.15) is 27.6 Å². The van der Waals surface area contributed by atoms with Gasteiger partial charge in [-0.05, 0) is 37.5 Å². The Hall–Kier alpha value is -1.62. The fraction of sp³-hybridized carbons (Fsp3) is 0.286. The first-order valence-electron chi connectivity index (χ1n) is 5.99. The van der Waals surface area contributed by atoms with Gasteiger partial charge in [-0.3, -0.25) is 0 Å². The number of hydrogen-bond donors (Lipinski definition) is 1. The first-order valence-corrected chi connectivity index (χ1v) is 6.78. The molecule has 0 bridgehead atoms. The smallest absolute Gasteiger partial charge is 0.354 e. The van der Waals surface area contributed by atoms with Gasteiger partial charge in [0.25, 0.3) is 0 Å². The SMILES string of the molecule is Cc1nc(CCc2ccc(Br)cc2)c(C(=O)O)n1C. The molecule has 1 N–H and O–H groups in total. The molecule has 1 aromatic carbocycles. The lowest BCUT2D eigenvalue weighted by Crippen LogP contribution is -2.08. The van der Waals surface area contributed by atoms with Gasteiger partial charge in [-0.25, -0.2) is 9.78 Å². The van der Waals surface area contributed by atoms with Crippen LogP contribution < -0.4 is 0 Å². The van der Waals surface area contributed by atoms with Gasteiger partial charge >= 0.3 is 5.97 Å². The lowest BCUT2D eigenvalue weighted by molar-refractivity contribution is 0.0685. The van der Waals surface area contributed by atoms with Gasteiger partial charge in [0, 0.05) is 11.5 Å². The van der Waals surface area contributed by atoms with Gasteiger partial charge in [0.05, 0.1) is 5.69 Å². The zero-order valence-electron chi connectivity index (χ0n) is 10.9. The molecule has 2 rings (SSSR count). The van der Waals surface area contributed by atoms with E-state index in [1.165, 1.54) is 5.56 Å². The summed E-state index contributed by atoms with van der Waals surface area (Å²) in [6, 6.07) is 8.02. The molecule has 100 valence electrons. The van der Waals surface area contributed by atoms with Crippen LogP contribution >= 0.6 is 15.9 Å². The molecule has 0 unspecified atom stereocenters. The number of hydrogen-bond acceptors (Lipinski definition) is 2. The van der Waals surface area contributed by atoms with E-state index < -0.39 is 5.97 Å². The summed E-state index contributed by atoms with van der Waals surface area (Å²) in [5, 5.41) is 9.23. The molecule has 5 heteroatoms. The first-order chi connectivity index (χ1) is 8.99. The van der Waals surface area contributed by atoms with Crippen LogP contribution in [0, 0.1) is 6.92 Å². The lowest BCUT2D eigenvalue weighted by Gasteiger charge is -2.02. The molecule has 4 nitrogen and oxygen atoms in total. The number of carboxylic acids is 1. The van der Waals surface area contributed by atoms with E-state index in [1.807, 2.05) is 31.2 Å². The van der Waals surface area contributed by atoms with Gasteiger partial charge in [0.15, 0.2) is 0 Å². The number of halogens is 1. The molecule has 0 atom stereocenters. The zero-order chi connectivity index (χ0) is 14.0. The zero-order valence-corrected chi connectivity index (χ0v) is 12.4. The Labute approximate surface area is 120 Å². The van der Waals surface area contributed by atoms with Crippen molar-refractivity contribution in [2.75, 3.05) is 0 Å². The Bertz CT molecular complexity index is 603. The third-order valence-electron chi connectivity index (χ3n) is 3.16. The highest BCUT2D eigenvalue weighted by molar-refractivity contribution is 9.10. The number of benzene rings is 1. The quantitative estimate of drug-likeness (QED) is 0.941. The van der Waals surface area contributed by atoms with Crippen molar-refractivity contribution in [3.8, 4) is 0 Å². The van der Waals surface area contributed by atoms with Crippen molar-refractivity contribution in [2.45, 2.75) is 19.8 Å². The van der Waals surface area contributed by atoms with Crippen molar-refractivity contribution in [1.29, 1.82) is 0 Å². The van der Waals surface area contributed by atoms with Gasteiger partial charge in [-0.15, -0.1) is 0 Å². The van der Waals surface area contributed by atoms with Crippen LogP contribution in [-0.2, 0) is 19.9 Å². The van der Waals surface area contributed by atoms with Crippen molar-refractivity contribution in [3.05, 3.63) is 51.5 Å². The molecular formula is C14H15BrN2O2. The number of aromatic nitrogens is 2. The number of carbonyl (C=O) groups is 1. The van der Waals surface area contributed by atoms with E-state index >= 15 is 0 Å². The van der Waals surface area contributed by atoms with Crippen molar-refractivity contribution in [2.24, 2.45) is 7.05 Å². The largest absolute Gasteiger partial charge is 0.477 e. The van der Waals surface area contributed by atoms with Gasteiger partial charge in [0.2, 0.25) is 0 Å². The van der Waals surface area contributed by atoms with Gasteiger partial charge < -0.3 is 9.67 Å². The summed E-state index contributed by atoms with van der Waals surface area (Å²) in [5.41, 5.74) is 2.10. The maximum absolute atomic E-state index is 11.2. The Morgan fingerprint density at radius 3 is 2.53 bits per heavy atom. The molecule has 0 aliphatic rings. The topological polar surface area (TPSA) is 55.1 Å². The third kappa shape index (κ3) is 3.04. The minimum absolute atomic E-state index is 0.287. The lowest BCUT2D eigenvalue weighted by atomic mass is 10.1. The van der Waals surface area contributed by atoms with Crippen molar-refractivity contribution in [3.63, 3.8) is 0 Å². The monoisotopic (exact) mass is 322 g/mol. The fourth-order valence-corrected chi connectivity index (χ4v) is 2.30. The molecular weight excluding hydrogens is 308 g/mol. The highest BCUT2D eigenvalue weighted by atomic mass is 79.9. The first kappa shape index (κ1) is 13.8. The summed E-state index contributed by atoms with van der Waals surface area (Å²) in [6.45, 7) is 1.82. The summed E-state index contributed by atoms with van der Waals surface area (Å²) < 4.78 is 2.66. The van der Waals surface area contributed by atoms with E-state index in [2.05, 4.69) is 20.9 Å². The summed E-state index contributed by atoms with van der Waals surface area (Å²) in [6.07, 6.45) is 1.41. The standard InChI is InChI=1S/C14H15BrN2O2/c1-9-16-12(13(14(18)19)17(9)2)8-5-10-3-6-11(15)7-4-10/h3-4,6-7H,5,8H2,1-2H3,(H,18,19). The highest BCUT2D eigenvalue weighted by Gasteiger charge is 2.18. The second-order valence-corrected chi connectivity index (χ2v) is 5.36. The number of aryl methyl sites for hydroxylation is 3. The minimum Gasteiger partial charge on any atom is -0.477 e. The maximum atomic E-state index is 11.2. The molecule has 0 fully saturated rings. The maximum Gasteiger partial charge on any atom is 0.354 e. The fourth-order valence-electron chi connectivity index (χ4n) is 2.03. The summed E-state index contributed by atoms with van der Waals surface area (Å²) in [5.74, 6) is -0.197. The van der Waals surface area contributed by atoms with Crippen LogP contribution in [-0.4, -0.2) is 20.6 Å². The Balaban J connectivity index is 2.18. The summed E-state index contributed by atoms with van der Waals surface area (Å²) in [4.78, 5) is 15.6. The third-order valence-corrected chi connectivity index (χ3v) is 3.69. The molecule has 0 saturated carbocycles. The number of rotatable bonds is 4. The summed E-state index contributed by atoms with van der Waals surface area (Å²) in [7, 11) is 1.73. The molecule has 0 aliphatic carbocycles. The van der Waals surface area contributed by atoms with Crippen molar-refractivity contribution in [1.82, 2.24) is 9.55 Å². The average molecular weight is 323 g/mol. The van der Waals surface area contributed by atoms with E-state index in [-0.39, 0.29) is 5.69 Å². The predicted octanol–water partition coefficient (Wildman–Crippen LogP) is 2.97. The highest BCUT2D eigenvalue weighted by Crippen LogP contribution is 2.15. The van der Waals surface area contributed by atoms with E-state index in [4.69, 9.17) is 0 Å². The van der Waals surface area contributed by atoms with E-state index in [0.717, 1.165) is 16.7 Å². The van der Waals surface area contributed by atoms with Gasteiger partial charge in [-0.1, -0.05) is 28.1 Å². The van der Waals surface area contributed by atoms with Crippen LogP contribution in [0.3, 0.4) is 0 Å². The molecule has 0 spiro atoms. The minimum atomic E-state index is -0.922. The van der Waals surface area contributed by atoms with Crippen molar-refractivity contribution < 1.29 is 9.90 Å². The van der Waals surface area contributed by atoms with Crippen molar-refractivity contribution >= 4 is 21.9 Å². The average Bonchev–Trinajstić information content (AvgIpc) is 2.64. The Morgan fingerprint density at radius 1 is 1.32 bits per heavy atom. The molecule has 2 aromatic rings. The predicted molar refractivity (Wildman–Crippen MR) is 76.5 cm³/mol. The second-order valence-electron chi connectivity index (χ2n) is 4.44. The van der Waals surface area contributed by atoms with E-state index in [9.17, 15) is 9.90 Å². The molecule has 0 amide bonds. The molecule has 1 aromatic heterocycles. The van der Waals surface area contributed by atoms with Gasteiger partial charge in [0.1, 0.15) is 11.5 Å². The van der Waals surface area contributed by atoms with E-state index in [0.29, 0.717) is 12.1 Å².